The van der Waals surface area contributed by atoms with E-state index in [4.69, 9.17) is 4.74 Å². The maximum absolute atomic E-state index is 12.7. The first kappa shape index (κ1) is 13.8. The first-order valence-electron chi connectivity index (χ1n) is 6.57. The molecule has 4 nitrogen and oxygen atoms in total. The van der Waals surface area contributed by atoms with Gasteiger partial charge in [0.15, 0.2) is 6.61 Å². The molecule has 5 heteroatoms. The molecule has 1 aliphatic heterocycles. The lowest BCUT2D eigenvalue weighted by Crippen LogP contribution is -2.49. The standard InChI is InChI=1S/C14H19FN2O2/c1-2-16-7-9-17(10-8-16)14(18)11-19-13-5-3-12(15)4-6-13/h3-6H,2,7-11H2,1H3. The number of carbonyl (C=O) groups excluding carboxylic acids is 1. The van der Waals surface area contributed by atoms with Crippen molar-refractivity contribution in [2.75, 3.05) is 39.3 Å². The van der Waals surface area contributed by atoms with Gasteiger partial charge in [0.2, 0.25) is 0 Å². The number of piperazine rings is 1. The van der Waals surface area contributed by atoms with Crippen LogP contribution in [0.3, 0.4) is 0 Å². The van der Waals surface area contributed by atoms with E-state index in [1.165, 1.54) is 24.3 Å². The average molecular weight is 266 g/mol. The van der Waals surface area contributed by atoms with Crippen LogP contribution in [-0.4, -0.2) is 55.0 Å². The fourth-order valence-corrected chi connectivity index (χ4v) is 2.08. The number of hydrogen-bond donors (Lipinski definition) is 0. The fraction of sp³-hybridized carbons (Fsp3) is 0.500. The SMILES string of the molecule is CCN1CCN(C(=O)COc2ccc(F)cc2)CC1. The van der Waals surface area contributed by atoms with Crippen molar-refractivity contribution in [2.45, 2.75) is 6.92 Å². The number of likely N-dealkylation sites (N-methyl/N-ethyl adjacent to an activating group) is 1. The normalized spacial score (nSPS) is 16.4. The Bertz CT molecular complexity index is 414. The minimum atomic E-state index is -0.311. The van der Waals surface area contributed by atoms with Crippen LogP contribution in [-0.2, 0) is 4.79 Å². The highest BCUT2D eigenvalue weighted by Gasteiger charge is 2.20. The molecule has 0 spiro atoms. The molecule has 1 saturated heterocycles. The Hall–Kier alpha value is -1.62. The van der Waals surface area contributed by atoms with Gasteiger partial charge in [-0.15, -0.1) is 0 Å². The highest BCUT2D eigenvalue weighted by atomic mass is 19.1. The van der Waals surface area contributed by atoms with Gasteiger partial charge in [-0.05, 0) is 30.8 Å². The predicted octanol–water partition coefficient (Wildman–Crippen LogP) is 1.37. The molecule has 0 saturated carbocycles. The second-order valence-electron chi connectivity index (χ2n) is 4.56. The van der Waals surface area contributed by atoms with E-state index in [1.54, 1.807) is 0 Å². The summed E-state index contributed by atoms with van der Waals surface area (Å²) in [6.07, 6.45) is 0. The Labute approximate surface area is 112 Å². The monoisotopic (exact) mass is 266 g/mol. The van der Waals surface area contributed by atoms with Crippen LogP contribution >= 0.6 is 0 Å². The molecule has 19 heavy (non-hydrogen) atoms. The van der Waals surface area contributed by atoms with Gasteiger partial charge in [-0.3, -0.25) is 4.79 Å². The summed E-state index contributed by atoms with van der Waals surface area (Å²) in [6.45, 7) is 6.48. The molecule has 1 fully saturated rings. The molecular formula is C14H19FN2O2. The summed E-state index contributed by atoms with van der Waals surface area (Å²) in [4.78, 5) is 16.1. The molecule has 1 aromatic rings. The smallest absolute Gasteiger partial charge is 0.260 e. The average Bonchev–Trinajstić information content (AvgIpc) is 2.46. The van der Waals surface area contributed by atoms with Crippen LogP contribution in [0.4, 0.5) is 4.39 Å². The van der Waals surface area contributed by atoms with Gasteiger partial charge in [0.1, 0.15) is 11.6 Å². The third-order valence-electron chi connectivity index (χ3n) is 3.35. The van der Waals surface area contributed by atoms with Gasteiger partial charge in [-0.2, -0.15) is 0 Å². The fourth-order valence-electron chi connectivity index (χ4n) is 2.08. The summed E-state index contributed by atoms with van der Waals surface area (Å²) in [5.41, 5.74) is 0. The van der Waals surface area contributed by atoms with Gasteiger partial charge in [0, 0.05) is 26.2 Å². The van der Waals surface area contributed by atoms with Crippen molar-refractivity contribution in [3.8, 4) is 5.75 Å². The van der Waals surface area contributed by atoms with Crippen LogP contribution in [0.1, 0.15) is 6.92 Å². The Morgan fingerprint density at radius 1 is 1.21 bits per heavy atom. The zero-order valence-corrected chi connectivity index (χ0v) is 11.1. The van der Waals surface area contributed by atoms with Crippen molar-refractivity contribution in [2.24, 2.45) is 0 Å². The predicted molar refractivity (Wildman–Crippen MR) is 70.6 cm³/mol. The molecule has 0 aliphatic carbocycles. The zero-order valence-electron chi connectivity index (χ0n) is 11.1. The van der Waals surface area contributed by atoms with Gasteiger partial charge < -0.3 is 14.5 Å². The van der Waals surface area contributed by atoms with Crippen LogP contribution in [0.2, 0.25) is 0 Å². The van der Waals surface area contributed by atoms with E-state index in [9.17, 15) is 9.18 Å². The summed E-state index contributed by atoms with van der Waals surface area (Å²) in [5, 5.41) is 0. The first-order chi connectivity index (χ1) is 9.19. The Morgan fingerprint density at radius 2 is 1.84 bits per heavy atom. The number of rotatable bonds is 4. The largest absolute Gasteiger partial charge is 0.484 e. The van der Waals surface area contributed by atoms with Crippen LogP contribution in [0.5, 0.6) is 5.75 Å². The van der Waals surface area contributed by atoms with Gasteiger partial charge in [-0.1, -0.05) is 6.92 Å². The van der Waals surface area contributed by atoms with E-state index in [0.29, 0.717) is 5.75 Å². The van der Waals surface area contributed by atoms with Crippen molar-refractivity contribution >= 4 is 5.91 Å². The van der Waals surface area contributed by atoms with Crippen LogP contribution in [0, 0.1) is 5.82 Å². The molecule has 1 aromatic carbocycles. The van der Waals surface area contributed by atoms with Gasteiger partial charge >= 0.3 is 0 Å². The van der Waals surface area contributed by atoms with Gasteiger partial charge in [0.05, 0.1) is 0 Å². The number of benzene rings is 1. The molecular weight excluding hydrogens is 247 g/mol. The van der Waals surface area contributed by atoms with Crippen LogP contribution in [0.25, 0.3) is 0 Å². The molecule has 1 heterocycles. The van der Waals surface area contributed by atoms with E-state index in [-0.39, 0.29) is 18.3 Å². The first-order valence-corrected chi connectivity index (χ1v) is 6.57. The van der Waals surface area contributed by atoms with Crippen molar-refractivity contribution in [1.82, 2.24) is 9.80 Å². The summed E-state index contributed by atoms with van der Waals surface area (Å²) < 4.78 is 18.1. The minimum Gasteiger partial charge on any atom is -0.484 e. The lowest BCUT2D eigenvalue weighted by atomic mass is 10.3. The number of carbonyl (C=O) groups is 1. The lowest BCUT2D eigenvalue weighted by Gasteiger charge is -2.33. The van der Waals surface area contributed by atoms with E-state index in [1.807, 2.05) is 4.90 Å². The van der Waals surface area contributed by atoms with E-state index >= 15 is 0 Å². The molecule has 1 aliphatic rings. The van der Waals surface area contributed by atoms with Crippen molar-refractivity contribution in [3.63, 3.8) is 0 Å². The maximum atomic E-state index is 12.7. The van der Waals surface area contributed by atoms with Crippen LogP contribution in [0.15, 0.2) is 24.3 Å². The quantitative estimate of drug-likeness (QED) is 0.825. The van der Waals surface area contributed by atoms with Crippen LogP contribution < -0.4 is 4.74 Å². The second kappa shape index (κ2) is 6.52. The molecule has 0 unspecified atom stereocenters. The molecule has 1 amide bonds. The van der Waals surface area contributed by atoms with Gasteiger partial charge in [-0.25, -0.2) is 4.39 Å². The lowest BCUT2D eigenvalue weighted by molar-refractivity contribution is -0.135. The summed E-state index contributed by atoms with van der Waals surface area (Å²) in [5.74, 6) is 0.191. The minimum absolute atomic E-state index is 0.0117. The summed E-state index contributed by atoms with van der Waals surface area (Å²) in [6, 6.07) is 5.69. The summed E-state index contributed by atoms with van der Waals surface area (Å²) >= 11 is 0. The molecule has 0 aromatic heterocycles. The summed E-state index contributed by atoms with van der Waals surface area (Å²) in [7, 11) is 0. The molecule has 0 atom stereocenters. The van der Waals surface area contributed by atoms with Crippen molar-refractivity contribution in [1.29, 1.82) is 0 Å². The van der Waals surface area contributed by atoms with E-state index in [2.05, 4.69) is 11.8 Å². The van der Waals surface area contributed by atoms with Gasteiger partial charge in [0.25, 0.3) is 5.91 Å². The Kier molecular flexibility index (Phi) is 4.74. The third-order valence-corrected chi connectivity index (χ3v) is 3.35. The zero-order chi connectivity index (χ0) is 13.7. The third kappa shape index (κ3) is 3.92. The number of ether oxygens (including phenoxy) is 1. The number of hydrogen-bond acceptors (Lipinski definition) is 3. The topological polar surface area (TPSA) is 32.8 Å². The Morgan fingerprint density at radius 3 is 2.42 bits per heavy atom. The van der Waals surface area contributed by atoms with E-state index < -0.39 is 0 Å². The number of amides is 1. The molecule has 0 bridgehead atoms. The maximum Gasteiger partial charge on any atom is 0.260 e. The molecule has 0 N–H and O–H groups in total. The van der Waals surface area contributed by atoms with Crippen molar-refractivity contribution < 1.29 is 13.9 Å². The molecule has 0 radical (unpaired) electrons. The number of halogens is 1. The molecule has 104 valence electrons. The molecule has 2 rings (SSSR count). The highest BCUT2D eigenvalue weighted by Crippen LogP contribution is 2.11. The number of nitrogens with zero attached hydrogens (tertiary/aromatic N) is 2. The highest BCUT2D eigenvalue weighted by molar-refractivity contribution is 5.77. The second-order valence-corrected chi connectivity index (χ2v) is 4.56. The van der Waals surface area contributed by atoms with E-state index in [0.717, 1.165) is 32.7 Å². The van der Waals surface area contributed by atoms with Crippen molar-refractivity contribution in [3.05, 3.63) is 30.1 Å². The Balaban J connectivity index is 1.77.